The summed E-state index contributed by atoms with van der Waals surface area (Å²) in [6.07, 6.45) is 0. The molecular weight excluding hydrogens is 338 g/mol. The van der Waals surface area contributed by atoms with Crippen LogP contribution in [0.2, 0.25) is 0 Å². The van der Waals surface area contributed by atoms with Crippen LogP contribution in [0, 0.1) is 0 Å². The summed E-state index contributed by atoms with van der Waals surface area (Å²) < 4.78 is 5.32. The number of nitrogens with one attached hydrogen (secondary N) is 1. The fourth-order valence-electron chi connectivity index (χ4n) is 2.63. The van der Waals surface area contributed by atoms with E-state index in [9.17, 15) is 19.5 Å². The van der Waals surface area contributed by atoms with Crippen molar-refractivity contribution in [2.24, 2.45) is 5.73 Å². The Morgan fingerprint density at radius 1 is 1.08 bits per heavy atom. The van der Waals surface area contributed by atoms with Gasteiger partial charge in [-0.25, -0.2) is 4.79 Å². The first-order chi connectivity index (χ1) is 12.4. The second-order valence-corrected chi connectivity index (χ2v) is 5.53. The van der Waals surface area contributed by atoms with E-state index in [1.54, 1.807) is 36.4 Å². The Morgan fingerprint density at radius 3 is 2.46 bits per heavy atom. The average Bonchev–Trinajstić information content (AvgIpc) is 2.60. The standard InChI is InChI=1S/C18H15N3O5/c19-13(23)8-21-17(24)14-15(20)11-6-3-5-10(16(11)26-18(14)25)9-4-1-2-7-12(9)22/h1-7,22H,8,20H2,(H2,19,23)(H,21,24). The molecule has 2 amide bonds. The molecule has 2 aromatic carbocycles. The molecule has 0 saturated carbocycles. The van der Waals surface area contributed by atoms with Crippen LogP contribution in [0.1, 0.15) is 10.4 Å². The maximum atomic E-state index is 12.3. The second-order valence-electron chi connectivity index (χ2n) is 5.53. The molecule has 0 fully saturated rings. The van der Waals surface area contributed by atoms with Crippen molar-refractivity contribution in [2.75, 3.05) is 12.3 Å². The van der Waals surface area contributed by atoms with E-state index in [1.165, 1.54) is 6.07 Å². The number of phenolic OH excluding ortho intramolecular Hbond substituents is 1. The zero-order valence-corrected chi connectivity index (χ0v) is 13.5. The fraction of sp³-hybridized carbons (Fsp3) is 0.0556. The van der Waals surface area contributed by atoms with Gasteiger partial charge in [0.25, 0.3) is 5.91 Å². The van der Waals surface area contributed by atoms with E-state index >= 15 is 0 Å². The Labute approximate surface area is 147 Å². The number of benzene rings is 2. The first-order valence-corrected chi connectivity index (χ1v) is 7.60. The van der Waals surface area contributed by atoms with Crippen LogP contribution in [-0.4, -0.2) is 23.5 Å². The molecule has 0 bridgehead atoms. The van der Waals surface area contributed by atoms with Crippen LogP contribution >= 0.6 is 0 Å². The van der Waals surface area contributed by atoms with Crippen LogP contribution in [0.4, 0.5) is 5.69 Å². The van der Waals surface area contributed by atoms with Gasteiger partial charge < -0.3 is 26.3 Å². The molecule has 0 unspecified atom stereocenters. The van der Waals surface area contributed by atoms with Gasteiger partial charge in [0.05, 0.1) is 12.2 Å². The number of carbonyl (C=O) groups excluding carboxylic acids is 2. The lowest BCUT2D eigenvalue weighted by Gasteiger charge is -2.11. The van der Waals surface area contributed by atoms with Crippen molar-refractivity contribution in [1.82, 2.24) is 5.32 Å². The first kappa shape index (κ1) is 17.0. The van der Waals surface area contributed by atoms with Gasteiger partial charge in [0.2, 0.25) is 5.91 Å². The number of anilines is 1. The van der Waals surface area contributed by atoms with E-state index in [4.69, 9.17) is 15.9 Å². The van der Waals surface area contributed by atoms with E-state index in [-0.39, 0.29) is 17.0 Å². The van der Waals surface area contributed by atoms with E-state index < -0.39 is 29.5 Å². The zero-order valence-electron chi connectivity index (χ0n) is 13.5. The van der Waals surface area contributed by atoms with Gasteiger partial charge in [-0.3, -0.25) is 9.59 Å². The summed E-state index contributed by atoms with van der Waals surface area (Å²) in [5.74, 6) is -1.61. The van der Waals surface area contributed by atoms with Crippen LogP contribution in [-0.2, 0) is 4.79 Å². The highest BCUT2D eigenvalue weighted by Gasteiger charge is 2.21. The molecule has 26 heavy (non-hydrogen) atoms. The van der Waals surface area contributed by atoms with E-state index in [0.29, 0.717) is 16.5 Å². The number of carbonyl (C=O) groups is 2. The molecule has 132 valence electrons. The predicted octanol–water partition coefficient (Wildman–Crippen LogP) is 0.963. The van der Waals surface area contributed by atoms with Gasteiger partial charge in [-0.15, -0.1) is 0 Å². The zero-order chi connectivity index (χ0) is 18.8. The predicted molar refractivity (Wildman–Crippen MR) is 95.5 cm³/mol. The largest absolute Gasteiger partial charge is 0.507 e. The number of para-hydroxylation sites is 2. The van der Waals surface area contributed by atoms with E-state index in [1.807, 2.05) is 0 Å². The molecular formula is C18H15N3O5. The van der Waals surface area contributed by atoms with Gasteiger partial charge >= 0.3 is 5.63 Å². The van der Waals surface area contributed by atoms with Crippen molar-refractivity contribution in [3.8, 4) is 16.9 Å². The van der Waals surface area contributed by atoms with Crippen molar-refractivity contribution in [1.29, 1.82) is 0 Å². The summed E-state index contributed by atoms with van der Waals surface area (Å²) in [5.41, 5.74) is 10.6. The highest BCUT2D eigenvalue weighted by atomic mass is 16.4. The number of rotatable bonds is 4. The van der Waals surface area contributed by atoms with Crippen LogP contribution in [0.15, 0.2) is 51.7 Å². The van der Waals surface area contributed by atoms with Crippen molar-refractivity contribution in [3.63, 3.8) is 0 Å². The Bertz CT molecular complexity index is 1090. The van der Waals surface area contributed by atoms with E-state index in [2.05, 4.69) is 5.32 Å². The molecule has 0 radical (unpaired) electrons. The molecule has 1 heterocycles. The molecule has 0 aliphatic heterocycles. The monoisotopic (exact) mass is 353 g/mol. The van der Waals surface area contributed by atoms with Crippen LogP contribution in [0.3, 0.4) is 0 Å². The third-order valence-corrected chi connectivity index (χ3v) is 3.82. The number of nitrogen functional groups attached to an aromatic ring is 1. The van der Waals surface area contributed by atoms with Gasteiger partial charge in [0.15, 0.2) is 0 Å². The summed E-state index contributed by atoms with van der Waals surface area (Å²) in [7, 11) is 0. The number of hydrogen-bond acceptors (Lipinski definition) is 6. The Balaban J connectivity index is 2.20. The molecule has 8 nitrogen and oxygen atoms in total. The number of amides is 2. The minimum Gasteiger partial charge on any atom is -0.507 e. The minimum atomic E-state index is -0.958. The Morgan fingerprint density at radius 2 is 1.77 bits per heavy atom. The summed E-state index contributed by atoms with van der Waals surface area (Å²) in [5, 5.41) is 12.6. The van der Waals surface area contributed by atoms with Crippen LogP contribution in [0.5, 0.6) is 5.75 Å². The lowest BCUT2D eigenvalue weighted by atomic mass is 10.0. The Kier molecular flexibility index (Phi) is 4.32. The first-order valence-electron chi connectivity index (χ1n) is 7.60. The molecule has 3 aromatic rings. The highest BCUT2D eigenvalue weighted by Crippen LogP contribution is 2.35. The topological polar surface area (TPSA) is 149 Å². The van der Waals surface area contributed by atoms with Gasteiger partial charge in [0, 0.05) is 16.5 Å². The third-order valence-electron chi connectivity index (χ3n) is 3.82. The SMILES string of the molecule is NC(=O)CNC(=O)c1c(N)c2cccc(-c3ccccc3O)c2oc1=O. The van der Waals surface area contributed by atoms with Gasteiger partial charge in [-0.2, -0.15) is 0 Å². The number of aromatic hydroxyl groups is 1. The number of primary amides is 1. The lowest BCUT2D eigenvalue weighted by molar-refractivity contribution is -0.117. The lowest BCUT2D eigenvalue weighted by Crippen LogP contribution is -2.36. The number of fused-ring (bicyclic) bond motifs is 1. The molecule has 0 aliphatic carbocycles. The quantitative estimate of drug-likeness (QED) is 0.513. The smallest absolute Gasteiger partial charge is 0.351 e. The summed E-state index contributed by atoms with van der Waals surface area (Å²) in [4.78, 5) is 35.3. The molecule has 8 heteroatoms. The second kappa shape index (κ2) is 6.60. The highest BCUT2D eigenvalue weighted by molar-refractivity contribution is 6.08. The van der Waals surface area contributed by atoms with Crippen molar-refractivity contribution >= 4 is 28.5 Å². The maximum absolute atomic E-state index is 12.3. The summed E-state index contributed by atoms with van der Waals surface area (Å²) in [6.45, 7) is -0.437. The average molecular weight is 353 g/mol. The number of hydrogen-bond donors (Lipinski definition) is 4. The van der Waals surface area contributed by atoms with E-state index in [0.717, 1.165) is 0 Å². The van der Waals surface area contributed by atoms with Gasteiger partial charge in [-0.1, -0.05) is 30.3 Å². The molecule has 0 spiro atoms. The van der Waals surface area contributed by atoms with Crippen molar-refractivity contribution in [3.05, 3.63) is 58.4 Å². The van der Waals surface area contributed by atoms with Crippen molar-refractivity contribution < 1.29 is 19.1 Å². The number of nitrogens with two attached hydrogens (primary N) is 2. The minimum absolute atomic E-state index is 0.00416. The van der Waals surface area contributed by atoms with Gasteiger partial charge in [-0.05, 0) is 12.1 Å². The normalized spacial score (nSPS) is 10.6. The van der Waals surface area contributed by atoms with Crippen molar-refractivity contribution in [2.45, 2.75) is 0 Å². The van der Waals surface area contributed by atoms with Crippen LogP contribution in [0.25, 0.3) is 22.1 Å². The summed E-state index contributed by atoms with van der Waals surface area (Å²) in [6, 6.07) is 11.5. The number of phenols is 1. The molecule has 6 N–H and O–H groups in total. The molecule has 0 saturated heterocycles. The third kappa shape index (κ3) is 2.95. The molecule has 0 atom stereocenters. The fourth-order valence-corrected chi connectivity index (χ4v) is 2.63. The van der Waals surface area contributed by atoms with Crippen LogP contribution < -0.4 is 22.4 Å². The molecule has 1 aromatic heterocycles. The van der Waals surface area contributed by atoms with Gasteiger partial charge in [0.1, 0.15) is 16.9 Å². The molecule has 0 aliphatic rings. The Hall–Kier alpha value is -3.81. The molecule has 3 rings (SSSR count). The maximum Gasteiger partial charge on any atom is 0.351 e. The summed E-state index contributed by atoms with van der Waals surface area (Å²) >= 11 is 0.